The average Bonchev–Trinajstić information content (AvgIpc) is 0.760. The highest BCUT2D eigenvalue weighted by Crippen LogP contribution is 2.42. The molecule has 0 unspecified atom stereocenters. The third-order valence-electron chi connectivity index (χ3n) is 21.0. The van der Waals surface area contributed by atoms with Gasteiger partial charge in [0.1, 0.15) is 34.5 Å². The number of piperazine rings is 4. The van der Waals surface area contributed by atoms with Gasteiger partial charge >= 0.3 is 30.2 Å². The van der Waals surface area contributed by atoms with Gasteiger partial charge in [-0.05, 0) is 191 Å². The van der Waals surface area contributed by atoms with Crippen molar-refractivity contribution in [2.45, 2.75) is 52.7 Å². The van der Waals surface area contributed by atoms with E-state index in [0.717, 1.165) is 101 Å². The number of ether oxygens (including phenoxy) is 4. The predicted molar refractivity (Wildman–Crippen MR) is 539 cm³/mol. The van der Waals surface area contributed by atoms with Gasteiger partial charge < -0.3 is 74.7 Å². The van der Waals surface area contributed by atoms with E-state index in [1.54, 1.807) is 31.7 Å². The van der Waals surface area contributed by atoms with Crippen LogP contribution in [-0.4, -0.2) is 230 Å². The van der Waals surface area contributed by atoms with Gasteiger partial charge in [-0.1, -0.05) is 168 Å². The number of methoxy groups -OCH3 is 2. The van der Waals surface area contributed by atoms with E-state index in [0.29, 0.717) is 167 Å². The van der Waals surface area contributed by atoms with Gasteiger partial charge in [0.25, 0.3) is 0 Å². The number of benzene rings is 8. The van der Waals surface area contributed by atoms with Crippen LogP contribution in [0.3, 0.4) is 0 Å². The smallest absolute Gasteiger partial charge is 0.410 e. The molecule has 38 heteroatoms. The Bertz CT molecular complexity index is 6330. The van der Waals surface area contributed by atoms with E-state index in [2.05, 4.69) is 85.8 Å². The van der Waals surface area contributed by atoms with Crippen molar-refractivity contribution in [1.29, 1.82) is 0 Å². The minimum Gasteiger partial charge on any atom is -0.478 e. The Morgan fingerprint density at radius 2 is 0.567 bits per heavy atom. The number of nitrogen functional groups attached to an aromatic ring is 2. The fraction of sp³-hybridized carbons (Fsp3) is 0.271. The molecule has 0 radical (unpaired) electrons. The maximum absolute atomic E-state index is 12.4. The summed E-state index contributed by atoms with van der Waals surface area (Å²) < 4.78 is 21.7. The molecular weight excluding hydrogens is 1900 g/mol. The Morgan fingerprint density at radius 1 is 0.343 bits per heavy atom. The minimum absolute atomic E-state index is 0.0587. The Balaban J connectivity index is 0.000000166. The summed E-state index contributed by atoms with van der Waals surface area (Å²) in [7, 11) is 3.07. The minimum atomic E-state index is -0.981. The Labute approximate surface area is 820 Å². The molecule has 12 aromatic rings. The first-order chi connectivity index (χ1) is 63.7. The molecule has 4 saturated heterocycles. The van der Waals surface area contributed by atoms with Crippen LogP contribution in [0.1, 0.15) is 41.5 Å². The van der Waals surface area contributed by atoms with Crippen LogP contribution < -0.4 is 40.5 Å². The van der Waals surface area contributed by atoms with Crippen LogP contribution >= 0.6 is 104 Å². The normalized spacial score (nSPS) is 13.8. The van der Waals surface area contributed by atoms with Crippen molar-refractivity contribution in [3.8, 4) is 56.5 Å². The topological polar surface area (TPSA) is 341 Å². The van der Waals surface area contributed by atoms with Gasteiger partial charge in [-0.15, -0.1) is 0 Å². The molecule has 4 aliphatic heterocycles. The number of fused-ring (bicyclic) bond motifs is 4. The number of halogens is 9. The van der Waals surface area contributed by atoms with Crippen LogP contribution in [0.15, 0.2) is 196 Å². The molecule has 0 spiro atoms. The molecule has 4 aromatic heterocycles. The summed E-state index contributed by atoms with van der Waals surface area (Å²) in [6, 6.07) is 45.8. The molecule has 8 aromatic carbocycles. The highest BCUT2D eigenvalue weighted by molar-refractivity contribution is 6.66. The maximum atomic E-state index is 12.4. The summed E-state index contributed by atoms with van der Waals surface area (Å²) in [6.45, 7) is 33.8. The van der Waals surface area contributed by atoms with Crippen LogP contribution in [0.2, 0.25) is 40.2 Å². The van der Waals surface area contributed by atoms with Crippen molar-refractivity contribution in [3.63, 3.8) is 0 Å². The SMILES string of the molecule is C=CC(=O)Cl.C=CC(=O)N1CCN(c2nc(N)nc3cc(Cl)c(-c4ccc(Cl)cc4)cc23)CC1.C=CC(=O)N1CCN(c2nc(OC)nc3cc(Cl)c(-c4ccc(Cl)cc4)cc23)CC1.C=CC(=O)O.CC(C)(C)OC(=O)N1CCN(c2nc(N)nc3cc(Cl)c(-c4ccc(Cl)cc4)cc23)CC1.COc1nc(N2CCN(C(=O)OC(C)(C)C)CC2)c2cc(-c3ccc(Cl)cc3)c(Cl)cc2n1. The molecule has 4 aliphatic rings. The Kier molecular flexibility index (Phi) is 35.2. The second-order valence-corrected chi connectivity index (χ2v) is 36.0. The molecule has 700 valence electrons. The Morgan fingerprint density at radius 3 is 0.776 bits per heavy atom. The molecule has 0 bridgehead atoms. The number of carbonyl (C=O) groups is 6. The number of rotatable bonds is 14. The second-order valence-electron chi connectivity index (χ2n) is 32.3. The zero-order valence-corrected chi connectivity index (χ0v) is 81.4. The first kappa shape index (κ1) is 102. The van der Waals surface area contributed by atoms with Crippen molar-refractivity contribution < 1.29 is 52.8 Å². The number of allylic oxidation sites excluding steroid dienone is 1. The quantitative estimate of drug-likeness (QED) is 0.0672. The van der Waals surface area contributed by atoms with Crippen molar-refractivity contribution in [2.75, 3.05) is 150 Å². The number of nitrogens with zero attached hydrogens (tertiary/aromatic N) is 16. The number of aromatic nitrogens is 8. The molecule has 5 N–H and O–H groups in total. The van der Waals surface area contributed by atoms with E-state index in [9.17, 15) is 28.8 Å². The first-order valence-corrected chi connectivity index (χ1v) is 45.3. The lowest BCUT2D eigenvalue weighted by Crippen LogP contribution is -2.50. The predicted octanol–water partition coefficient (Wildman–Crippen LogP) is 20.6. The summed E-state index contributed by atoms with van der Waals surface area (Å²) in [5, 5.41) is 15.5. The fourth-order valence-electron chi connectivity index (χ4n) is 14.5. The van der Waals surface area contributed by atoms with Crippen LogP contribution in [0, 0.1) is 0 Å². The molecule has 0 saturated carbocycles. The summed E-state index contributed by atoms with van der Waals surface area (Å²) in [5.41, 5.74) is 20.9. The van der Waals surface area contributed by atoms with Crippen molar-refractivity contribution >= 4 is 218 Å². The van der Waals surface area contributed by atoms with Crippen LogP contribution in [0.5, 0.6) is 12.0 Å². The summed E-state index contributed by atoms with van der Waals surface area (Å²) in [6.07, 6.45) is 3.96. The van der Waals surface area contributed by atoms with E-state index in [4.69, 9.17) is 140 Å². The second kappa shape index (κ2) is 46.1. The summed E-state index contributed by atoms with van der Waals surface area (Å²) >= 11 is 55.1. The zero-order chi connectivity index (χ0) is 97.2. The van der Waals surface area contributed by atoms with Crippen molar-refractivity contribution in [3.05, 3.63) is 236 Å². The van der Waals surface area contributed by atoms with E-state index < -0.39 is 22.4 Å². The van der Waals surface area contributed by atoms with Crippen LogP contribution in [0.25, 0.3) is 88.1 Å². The molecule has 4 fully saturated rings. The number of anilines is 6. The number of hydrogen-bond donors (Lipinski definition) is 3. The van der Waals surface area contributed by atoms with E-state index in [1.165, 1.54) is 26.4 Å². The third-order valence-corrected chi connectivity index (χ3v) is 23.4. The number of nitrogens with two attached hydrogens (primary N) is 2. The number of amides is 4. The van der Waals surface area contributed by atoms with Gasteiger partial charge in [0.2, 0.25) is 29.0 Å². The van der Waals surface area contributed by atoms with Gasteiger partial charge in [-0.2, -0.15) is 29.9 Å². The zero-order valence-electron chi connectivity index (χ0n) is 74.5. The van der Waals surface area contributed by atoms with Crippen LogP contribution in [-0.2, 0) is 28.7 Å². The molecule has 134 heavy (non-hydrogen) atoms. The third kappa shape index (κ3) is 27.1. The fourth-order valence-corrected chi connectivity index (χ4v) is 16.0. The molecular formula is C96H97Cl9N18O11. The van der Waals surface area contributed by atoms with Gasteiger partial charge in [-0.25, -0.2) is 24.4 Å². The van der Waals surface area contributed by atoms with Crippen molar-refractivity contribution in [2.24, 2.45) is 0 Å². The van der Waals surface area contributed by atoms with E-state index in [1.807, 2.05) is 175 Å². The maximum Gasteiger partial charge on any atom is 0.410 e. The lowest BCUT2D eigenvalue weighted by atomic mass is 10.0. The van der Waals surface area contributed by atoms with E-state index in [-0.39, 0.29) is 47.9 Å². The van der Waals surface area contributed by atoms with E-state index >= 15 is 0 Å². The molecule has 29 nitrogen and oxygen atoms in total. The highest BCUT2D eigenvalue weighted by Gasteiger charge is 2.32. The van der Waals surface area contributed by atoms with Gasteiger partial charge in [0, 0.05) is 175 Å². The number of carboxylic acids is 1. The molecule has 16 rings (SSSR count). The highest BCUT2D eigenvalue weighted by atomic mass is 35.5. The monoisotopic (exact) mass is 1990 g/mol. The number of hydrogen-bond acceptors (Lipinski definition) is 24. The largest absolute Gasteiger partial charge is 0.478 e. The number of carbonyl (C=O) groups excluding carboxylic acids is 5. The van der Waals surface area contributed by atoms with Gasteiger partial charge in [-0.3, -0.25) is 14.4 Å². The van der Waals surface area contributed by atoms with Gasteiger partial charge in [0.05, 0.1) is 56.4 Å². The average molecular weight is 2000 g/mol. The molecule has 8 heterocycles. The standard InChI is InChI=1S/C24H26Cl2N4O3.C23H25Cl2N5O2.C22H20Cl2N4O2.C21H19Cl2N5O.C3H3ClO.C3H4O2/c1-24(2,3)33-23(31)30-11-9-29(10-12-30)21-18-13-17(15-5-7-16(25)8-6-15)19(26)14-20(18)27-22(28-21)32-4;1-23(2,3)32-22(31)30-10-8-29(9-11-30)20-17-12-16(14-4-6-15(24)7-5-14)18(25)13-19(17)27-21(26)28-20;1-3-20(29)27-8-10-28(11-9-27)21-17-12-16(14-4-6-15(23)7-5-14)18(24)13-19(17)25-22(26-21)30-2;1-2-19(29)27-7-9-28(10-8-27)20-16-11-15(13-3-5-14(22)6-4-13)17(23)12-18(16)25-21(24)26-20;2*1-2-3(4)5/h5-8,13-14H,9-12H2,1-4H3;4-7,12-13H,8-11H2,1-3H3,(H2,26,27,28);3-7,12-13H,1,8-11H2,2H3;2-6,11-12H,1,7-10H2,(H2,24,25,26);2H,1H2;2H,1H2,(H,4,5). The summed E-state index contributed by atoms with van der Waals surface area (Å²) in [4.78, 5) is 119. The van der Waals surface area contributed by atoms with Crippen LogP contribution in [0.4, 0.5) is 44.8 Å². The first-order valence-electron chi connectivity index (χ1n) is 41.9. The Hall–Kier alpha value is -12.3. The lowest BCUT2D eigenvalue weighted by molar-refractivity contribution is -0.131. The molecule has 4 amide bonds. The number of aliphatic carboxylic acids is 1. The summed E-state index contributed by atoms with van der Waals surface area (Å²) in [5.74, 6) is 2.23. The number of carboxylic acid groups (broad SMARTS) is 1. The molecule has 0 atom stereocenters. The van der Waals surface area contributed by atoms with Gasteiger partial charge in [0.15, 0.2) is 0 Å². The molecule has 0 aliphatic carbocycles. The van der Waals surface area contributed by atoms with Crippen molar-refractivity contribution in [1.82, 2.24) is 59.5 Å². The lowest BCUT2D eigenvalue weighted by Gasteiger charge is -2.36.